The Bertz CT molecular complexity index is 818. The van der Waals surface area contributed by atoms with Crippen molar-refractivity contribution in [1.29, 1.82) is 0 Å². The minimum atomic E-state index is -0.833. The molecule has 1 aliphatic heterocycles. The van der Waals surface area contributed by atoms with Gasteiger partial charge in [0.25, 0.3) is 11.9 Å². The number of nitrogen functional groups attached to an aromatic ring is 1. The first-order chi connectivity index (χ1) is 13.6. The van der Waals surface area contributed by atoms with Gasteiger partial charge in [-0.25, -0.2) is 14.3 Å². The molecule has 0 bridgehead atoms. The van der Waals surface area contributed by atoms with Gasteiger partial charge in [0.05, 0.1) is 18.9 Å². The number of nitrogens with two attached hydrogens (primary N) is 1. The highest BCUT2D eigenvalue weighted by Gasteiger charge is 2.29. The molecular weight excluding hydrogens is 388 g/mol. The Morgan fingerprint density at radius 3 is 2.45 bits per heavy atom. The molecule has 4 N–H and O–H groups in total. The van der Waals surface area contributed by atoms with E-state index in [1.54, 1.807) is 4.52 Å². The number of fused-ring (bicyclic) bond motifs is 1. The number of carboxylic acid groups (broad SMARTS) is 2. The van der Waals surface area contributed by atoms with E-state index in [4.69, 9.17) is 35.0 Å². The van der Waals surface area contributed by atoms with Gasteiger partial charge in [-0.05, 0) is 25.0 Å². The van der Waals surface area contributed by atoms with E-state index in [2.05, 4.69) is 14.8 Å². The third-order valence-corrected chi connectivity index (χ3v) is 3.50. The standard InChI is InChI=1S/C13H16N4O4.2C2H4O2/c1-19-13(18)20-6-8-2-5-11(21-8)9-3-4-10-12(14)15-7-16-17(9)10;2*1-2(3)4/h3-4,7-8,11H,2,5-6H2,1H3,(H2,14,15,16);2*1H3,(H,3,4). The summed E-state index contributed by atoms with van der Waals surface area (Å²) in [6.45, 7) is 2.35. The zero-order chi connectivity index (χ0) is 22.0. The Morgan fingerprint density at radius 2 is 1.86 bits per heavy atom. The van der Waals surface area contributed by atoms with Crippen LogP contribution in [0.4, 0.5) is 10.6 Å². The normalized spacial score (nSPS) is 17.3. The first-order valence-electron chi connectivity index (χ1n) is 8.49. The molecule has 12 nitrogen and oxygen atoms in total. The van der Waals surface area contributed by atoms with Crippen molar-refractivity contribution in [3.8, 4) is 0 Å². The summed E-state index contributed by atoms with van der Waals surface area (Å²) in [6, 6.07) is 3.79. The predicted octanol–water partition coefficient (Wildman–Crippen LogP) is 1.50. The van der Waals surface area contributed by atoms with E-state index in [0.29, 0.717) is 5.82 Å². The van der Waals surface area contributed by atoms with Gasteiger partial charge < -0.3 is 30.2 Å². The number of methoxy groups -OCH3 is 1. The maximum Gasteiger partial charge on any atom is 0.508 e. The Morgan fingerprint density at radius 1 is 1.24 bits per heavy atom. The van der Waals surface area contributed by atoms with E-state index in [1.807, 2.05) is 12.1 Å². The van der Waals surface area contributed by atoms with Gasteiger partial charge in [-0.2, -0.15) is 5.10 Å². The number of aliphatic carboxylic acids is 2. The van der Waals surface area contributed by atoms with Crippen molar-refractivity contribution in [3.05, 3.63) is 24.2 Å². The second kappa shape index (κ2) is 11.4. The fraction of sp³-hybridized carbons (Fsp3) is 0.471. The van der Waals surface area contributed by atoms with Crippen LogP contribution in [-0.2, 0) is 23.8 Å². The van der Waals surface area contributed by atoms with Crippen LogP contribution in [0.5, 0.6) is 0 Å². The van der Waals surface area contributed by atoms with E-state index < -0.39 is 18.1 Å². The molecule has 0 saturated carbocycles. The van der Waals surface area contributed by atoms with Gasteiger partial charge in [-0.3, -0.25) is 9.59 Å². The van der Waals surface area contributed by atoms with Crippen LogP contribution in [-0.4, -0.2) is 62.7 Å². The highest BCUT2D eigenvalue weighted by Crippen LogP contribution is 2.33. The molecule has 0 spiro atoms. The maximum absolute atomic E-state index is 11.0. The molecule has 0 radical (unpaired) electrons. The van der Waals surface area contributed by atoms with Gasteiger partial charge in [-0.15, -0.1) is 0 Å². The van der Waals surface area contributed by atoms with Gasteiger partial charge >= 0.3 is 6.16 Å². The monoisotopic (exact) mass is 412 g/mol. The van der Waals surface area contributed by atoms with E-state index in [1.165, 1.54) is 13.4 Å². The minimum absolute atomic E-state index is 0.104. The second-order valence-electron chi connectivity index (χ2n) is 5.83. The molecule has 2 aromatic rings. The number of anilines is 1. The number of ether oxygens (including phenoxy) is 3. The molecule has 2 aromatic heterocycles. The molecule has 1 fully saturated rings. The van der Waals surface area contributed by atoms with Crippen LogP contribution in [0.2, 0.25) is 0 Å². The topological polar surface area (TPSA) is 176 Å². The lowest BCUT2D eigenvalue weighted by Gasteiger charge is -2.13. The van der Waals surface area contributed by atoms with Crippen molar-refractivity contribution >= 4 is 29.4 Å². The Balaban J connectivity index is 0.000000452. The van der Waals surface area contributed by atoms with E-state index in [0.717, 1.165) is 37.9 Å². The minimum Gasteiger partial charge on any atom is -0.481 e. The zero-order valence-electron chi connectivity index (χ0n) is 16.3. The maximum atomic E-state index is 11.0. The summed E-state index contributed by atoms with van der Waals surface area (Å²) in [4.78, 5) is 32.9. The highest BCUT2D eigenvalue weighted by molar-refractivity contribution is 5.65. The first-order valence-corrected chi connectivity index (χ1v) is 8.49. The largest absolute Gasteiger partial charge is 0.508 e. The molecule has 2 atom stereocenters. The number of aromatic nitrogens is 3. The average molecular weight is 412 g/mol. The van der Waals surface area contributed by atoms with Crippen molar-refractivity contribution in [3.63, 3.8) is 0 Å². The summed E-state index contributed by atoms with van der Waals surface area (Å²) < 4.78 is 17.0. The van der Waals surface area contributed by atoms with Gasteiger partial charge in [-0.1, -0.05) is 0 Å². The lowest BCUT2D eigenvalue weighted by Crippen LogP contribution is -2.18. The number of carbonyl (C=O) groups excluding carboxylic acids is 1. The highest BCUT2D eigenvalue weighted by atomic mass is 16.7. The molecular formula is C17H24N4O8. The lowest BCUT2D eigenvalue weighted by molar-refractivity contribution is -0.135. The number of carbonyl (C=O) groups is 3. The van der Waals surface area contributed by atoms with Crippen molar-refractivity contribution in [1.82, 2.24) is 14.6 Å². The van der Waals surface area contributed by atoms with Gasteiger partial charge in [0.15, 0.2) is 5.82 Å². The Hall–Kier alpha value is -3.41. The van der Waals surface area contributed by atoms with Crippen LogP contribution >= 0.6 is 0 Å². The molecule has 3 heterocycles. The summed E-state index contributed by atoms with van der Waals surface area (Å²) in [5.74, 6) is -1.24. The summed E-state index contributed by atoms with van der Waals surface area (Å²) >= 11 is 0. The first kappa shape index (κ1) is 23.6. The average Bonchev–Trinajstić information content (AvgIpc) is 3.26. The molecule has 29 heavy (non-hydrogen) atoms. The predicted molar refractivity (Wildman–Crippen MR) is 99.2 cm³/mol. The van der Waals surface area contributed by atoms with Gasteiger partial charge in [0.1, 0.15) is 24.6 Å². The van der Waals surface area contributed by atoms with Gasteiger partial charge in [0, 0.05) is 13.8 Å². The molecule has 0 aromatic carbocycles. The van der Waals surface area contributed by atoms with Crippen molar-refractivity contribution in [2.75, 3.05) is 19.5 Å². The quantitative estimate of drug-likeness (QED) is 0.623. The molecule has 0 aliphatic carbocycles. The van der Waals surface area contributed by atoms with Crippen LogP contribution in [0.25, 0.3) is 5.52 Å². The fourth-order valence-electron chi connectivity index (χ4n) is 2.48. The molecule has 1 aliphatic rings. The van der Waals surface area contributed by atoms with E-state index in [-0.39, 0.29) is 18.8 Å². The summed E-state index contributed by atoms with van der Waals surface area (Å²) in [7, 11) is 1.28. The van der Waals surface area contributed by atoms with Crippen LogP contribution in [0.15, 0.2) is 18.5 Å². The summed E-state index contributed by atoms with van der Waals surface area (Å²) in [5, 5.41) is 19.0. The van der Waals surface area contributed by atoms with Crippen LogP contribution in [0, 0.1) is 0 Å². The molecule has 12 heteroatoms. The fourth-order valence-corrected chi connectivity index (χ4v) is 2.48. The van der Waals surface area contributed by atoms with Gasteiger partial charge in [0.2, 0.25) is 0 Å². The van der Waals surface area contributed by atoms with Crippen molar-refractivity contribution < 1.29 is 38.8 Å². The second-order valence-corrected chi connectivity index (χ2v) is 5.83. The van der Waals surface area contributed by atoms with Crippen LogP contribution in [0.1, 0.15) is 38.5 Å². The number of hydrogen-bond acceptors (Lipinski definition) is 9. The number of carboxylic acids is 2. The number of rotatable bonds is 3. The SMILES string of the molecule is CC(=O)O.CC(=O)O.COC(=O)OCC1CCC(c2ccc3c(N)ncnn23)O1. The lowest BCUT2D eigenvalue weighted by atomic mass is 10.1. The van der Waals surface area contributed by atoms with Crippen molar-refractivity contribution in [2.24, 2.45) is 0 Å². The zero-order valence-corrected chi connectivity index (χ0v) is 16.3. The van der Waals surface area contributed by atoms with Crippen LogP contribution in [0.3, 0.4) is 0 Å². The summed E-state index contributed by atoms with van der Waals surface area (Å²) in [6.07, 6.45) is 2.10. The third kappa shape index (κ3) is 8.01. The van der Waals surface area contributed by atoms with E-state index >= 15 is 0 Å². The van der Waals surface area contributed by atoms with E-state index in [9.17, 15) is 4.79 Å². The molecule has 1 saturated heterocycles. The molecule has 2 unspecified atom stereocenters. The summed E-state index contributed by atoms with van der Waals surface area (Å²) in [5.41, 5.74) is 7.48. The van der Waals surface area contributed by atoms with Crippen molar-refractivity contribution in [2.45, 2.75) is 38.9 Å². The molecule has 3 rings (SSSR count). The number of nitrogens with zero attached hydrogens (tertiary/aromatic N) is 3. The molecule has 160 valence electrons. The Labute approximate surface area is 166 Å². The third-order valence-electron chi connectivity index (χ3n) is 3.50. The smallest absolute Gasteiger partial charge is 0.481 e. The van der Waals surface area contributed by atoms with Crippen LogP contribution < -0.4 is 5.73 Å². The number of hydrogen-bond donors (Lipinski definition) is 3. The molecule has 0 amide bonds. The Kier molecular flexibility index (Phi) is 9.32.